The Morgan fingerprint density at radius 3 is 1.61 bits per heavy atom. The van der Waals surface area contributed by atoms with Gasteiger partial charge in [0, 0.05) is 6.42 Å². The lowest BCUT2D eigenvalue weighted by atomic mass is 10.0. The third kappa shape index (κ3) is 31.8. The minimum Gasteiger partial charge on any atom is -0.387 e. The number of allylic oxidation sites excluding steroid dienone is 1. The van der Waals surface area contributed by atoms with Gasteiger partial charge in [-0.2, -0.15) is 0 Å². The fraction of sp³-hybridized carbons (Fsp3) is 0.919. The maximum atomic E-state index is 12.8. The van der Waals surface area contributed by atoms with Crippen molar-refractivity contribution in [2.24, 2.45) is 0 Å². The first-order chi connectivity index (χ1) is 22.0. The predicted octanol–water partition coefficient (Wildman–Crippen LogP) is 9.63. The number of likely N-dealkylation sites (N-methyl/N-ethyl adjacent to an activating group) is 1. The second kappa shape index (κ2) is 30.3. The minimum atomic E-state index is -4.32. The molecule has 46 heavy (non-hydrogen) atoms. The molecule has 0 saturated carbocycles. The van der Waals surface area contributed by atoms with Crippen LogP contribution >= 0.6 is 7.82 Å². The van der Waals surface area contributed by atoms with Gasteiger partial charge in [0.1, 0.15) is 13.2 Å². The highest BCUT2D eigenvalue weighted by atomic mass is 31.2. The smallest absolute Gasteiger partial charge is 0.387 e. The van der Waals surface area contributed by atoms with E-state index in [1.807, 2.05) is 27.2 Å². The van der Waals surface area contributed by atoms with Gasteiger partial charge in [0.05, 0.1) is 39.9 Å². The van der Waals surface area contributed by atoms with E-state index in [1.165, 1.54) is 109 Å². The first-order valence-electron chi connectivity index (χ1n) is 19.1. The Labute approximate surface area is 284 Å². The second-order valence-electron chi connectivity index (χ2n) is 14.3. The molecular formula is C37H76N2O6P+. The Morgan fingerprint density at radius 1 is 0.717 bits per heavy atom. The molecule has 0 aliphatic rings. The van der Waals surface area contributed by atoms with Gasteiger partial charge in [-0.15, -0.1) is 0 Å². The molecule has 0 aliphatic carbocycles. The molecule has 0 bridgehead atoms. The summed E-state index contributed by atoms with van der Waals surface area (Å²) in [6.07, 6.45) is 31.3. The molecule has 3 atom stereocenters. The van der Waals surface area contributed by atoms with Crippen LogP contribution in [0.25, 0.3) is 0 Å². The summed E-state index contributed by atoms with van der Waals surface area (Å²) in [5.41, 5.74) is 0. The fourth-order valence-corrected chi connectivity index (χ4v) is 6.13. The molecule has 0 aromatic carbocycles. The molecular weight excluding hydrogens is 599 g/mol. The highest BCUT2D eigenvalue weighted by Gasteiger charge is 2.27. The summed E-state index contributed by atoms with van der Waals surface area (Å²) in [6.45, 7) is 4.78. The number of phosphoric acid groups is 1. The maximum absolute atomic E-state index is 12.8. The predicted molar refractivity (Wildman–Crippen MR) is 194 cm³/mol. The van der Waals surface area contributed by atoms with E-state index >= 15 is 0 Å². The van der Waals surface area contributed by atoms with E-state index in [-0.39, 0.29) is 19.1 Å². The summed E-state index contributed by atoms with van der Waals surface area (Å²) in [7, 11) is 1.57. The van der Waals surface area contributed by atoms with Gasteiger partial charge in [0.25, 0.3) is 0 Å². The summed E-state index contributed by atoms with van der Waals surface area (Å²) < 4.78 is 23.4. The molecule has 0 aromatic rings. The second-order valence-corrected chi connectivity index (χ2v) is 15.8. The highest BCUT2D eigenvalue weighted by Crippen LogP contribution is 2.43. The molecule has 274 valence electrons. The molecule has 0 saturated heterocycles. The van der Waals surface area contributed by atoms with E-state index < -0.39 is 20.0 Å². The number of aliphatic hydroxyl groups is 1. The lowest BCUT2D eigenvalue weighted by Gasteiger charge is -2.25. The van der Waals surface area contributed by atoms with Gasteiger partial charge in [-0.3, -0.25) is 13.8 Å². The van der Waals surface area contributed by atoms with Crippen LogP contribution in [0.2, 0.25) is 0 Å². The summed E-state index contributed by atoms with van der Waals surface area (Å²) >= 11 is 0. The van der Waals surface area contributed by atoms with Gasteiger partial charge >= 0.3 is 7.82 Å². The fourth-order valence-electron chi connectivity index (χ4n) is 5.39. The van der Waals surface area contributed by atoms with E-state index in [9.17, 15) is 19.4 Å². The van der Waals surface area contributed by atoms with Crippen LogP contribution in [0.3, 0.4) is 0 Å². The zero-order valence-corrected chi connectivity index (χ0v) is 31.7. The van der Waals surface area contributed by atoms with Gasteiger partial charge in [-0.25, -0.2) is 4.57 Å². The topological polar surface area (TPSA) is 105 Å². The average Bonchev–Trinajstić information content (AvgIpc) is 2.99. The number of rotatable bonds is 34. The molecule has 0 spiro atoms. The standard InChI is InChI=1S/C37H75N2O6P/c1-6-8-10-12-14-16-18-19-20-21-23-25-27-29-31-37(41)38-35(34-45-46(42,43)44-33-32-39(3,4)5)36(40)30-28-26-24-22-17-15-13-11-9-7-2/h28,30,35-36,40H,6-27,29,31-34H2,1-5H3,(H-,38,41,42,43)/p+1/b30-28+. The largest absolute Gasteiger partial charge is 0.472 e. The molecule has 3 N–H and O–H groups in total. The van der Waals surface area contributed by atoms with Crippen molar-refractivity contribution in [1.82, 2.24) is 5.32 Å². The van der Waals surface area contributed by atoms with Crippen molar-refractivity contribution in [2.75, 3.05) is 40.9 Å². The normalized spacial score (nSPS) is 14.8. The van der Waals surface area contributed by atoms with Gasteiger partial charge in [0.15, 0.2) is 0 Å². The van der Waals surface area contributed by atoms with E-state index in [4.69, 9.17) is 9.05 Å². The molecule has 1 amide bonds. The van der Waals surface area contributed by atoms with Crippen molar-refractivity contribution >= 4 is 13.7 Å². The summed E-state index contributed by atoms with van der Waals surface area (Å²) in [5.74, 6) is -0.179. The van der Waals surface area contributed by atoms with E-state index in [2.05, 4.69) is 19.2 Å². The van der Waals surface area contributed by atoms with Crippen molar-refractivity contribution < 1.29 is 32.9 Å². The van der Waals surface area contributed by atoms with Gasteiger partial charge in [-0.05, 0) is 19.3 Å². The molecule has 0 rings (SSSR count). The molecule has 0 radical (unpaired) electrons. The van der Waals surface area contributed by atoms with Crippen molar-refractivity contribution in [2.45, 2.75) is 180 Å². The minimum absolute atomic E-state index is 0.0640. The molecule has 0 aliphatic heterocycles. The molecule has 8 nitrogen and oxygen atoms in total. The van der Waals surface area contributed by atoms with Crippen LogP contribution in [-0.4, -0.2) is 73.4 Å². The molecule has 9 heteroatoms. The average molecular weight is 676 g/mol. The number of nitrogens with zero attached hydrogens (tertiary/aromatic N) is 1. The summed E-state index contributed by atoms with van der Waals surface area (Å²) in [5, 5.41) is 13.7. The van der Waals surface area contributed by atoms with Crippen LogP contribution < -0.4 is 5.32 Å². The number of carbonyl (C=O) groups is 1. The van der Waals surface area contributed by atoms with Crippen LogP contribution in [0.5, 0.6) is 0 Å². The molecule has 0 fully saturated rings. The number of phosphoric ester groups is 1. The molecule has 3 unspecified atom stereocenters. The zero-order chi connectivity index (χ0) is 34.4. The number of nitrogens with one attached hydrogen (secondary N) is 1. The Morgan fingerprint density at radius 2 is 1.15 bits per heavy atom. The summed E-state index contributed by atoms with van der Waals surface area (Å²) in [6, 6.07) is -0.837. The third-order valence-electron chi connectivity index (χ3n) is 8.51. The molecule has 0 aromatic heterocycles. The highest BCUT2D eigenvalue weighted by molar-refractivity contribution is 7.47. The van der Waals surface area contributed by atoms with Gasteiger partial charge < -0.3 is 19.8 Å². The number of hydrogen-bond donors (Lipinski definition) is 3. The van der Waals surface area contributed by atoms with Crippen molar-refractivity contribution in [1.29, 1.82) is 0 Å². The van der Waals surface area contributed by atoms with Crippen LogP contribution in [-0.2, 0) is 18.4 Å². The Bertz CT molecular complexity index is 773. The van der Waals surface area contributed by atoms with E-state index in [1.54, 1.807) is 6.08 Å². The Balaban J connectivity index is 4.49. The van der Waals surface area contributed by atoms with Crippen molar-refractivity contribution in [3.8, 4) is 0 Å². The first-order valence-corrected chi connectivity index (χ1v) is 20.6. The lowest BCUT2D eigenvalue weighted by Crippen LogP contribution is -2.45. The van der Waals surface area contributed by atoms with Crippen molar-refractivity contribution in [3.63, 3.8) is 0 Å². The third-order valence-corrected chi connectivity index (χ3v) is 9.49. The number of hydrogen-bond acceptors (Lipinski definition) is 5. The number of amides is 1. The summed E-state index contributed by atoms with van der Waals surface area (Å²) in [4.78, 5) is 22.9. The van der Waals surface area contributed by atoms with Gasteiger partial charge in [0.2, 0.25) is 5.91 Å². The number of aliphatic hydroxyl groups excluding tert-OH is 1. The Kier molecular flexibility index (Phi) is 29.8. The lowest BCUT2D eigenvalue weighted by molar-refractivity contribution is -0.870. The number of quaternary nitrogens is 1. The van der Waals surface area contributed by atoms with Gasteiger partial charge in [-0.1, -0.05) is 154 Å². The van der Waals surface area contributed by atoms with E-state index in [0.717, 1.165) is 38.5 Å². The number of unbranched alkanes of at least 4 members (excludes halogenated alkanes) is 21. The van der Waals surface area contributed by atoms with Crippen LogP contribution in [0.15, 0.2) is 12.2 Å². The first kappa shape index (κ1) is 45.2. The Hall–Kier alpha value is -0.760. The molecule has 0 heterocycles. The van der Waals surface area contributed by atoms with E-state index in [0.29, 0.717) is 17.4 Å². The quantitative estimate of drug-likeness (QED) is 0.0272. The monoisotopic (exact) mass is 676 g/mol. The maximum Gasteiger partial charge on any atom is 0.472 e. The SMILES string of the molecule is CCCCCCCCCC/C=C/C(O)C(COP(=O)(O)OCC[N+](C)(C)C)NC(=O)CCCCCCCCCCCCCCCC. The number of carbonyl (C=O) groups excluding carboxylic acids is 1. The zero-order valence-electron chi connectivity index (χ0n) is 30.8. The van der Waals surface area contributed by atoms with Crippen LogP contribution in [0, 0.1) is 0 Å². The van der Waals surface area contributed by atoms with Crippen LogP contribution in [0.4, 0.5) is 0 Å². The van der Waals surface area contributed by atoms with Crippen LogP contribution in [0.1, 0.15) is 168 Å². The van der Waals surface area contributed by atoms with Crippen molar-refractivity contribution in [3.05, 3.63) is 12.2 Å².